The summed E-state index contributed by atoms with van der Waals surface area (Å²) < 4.78 is 9.71. The number of furan rings is 1. The van der Waals surface area contributed by atoms with Gasteiger partial charge in [0.15, 0.2) is 5.88 Å². The summed E-state index contributed by atoms with van der Waals surface area (Å²) in [6, 6.07) is 3.28. The predicted molar refractivity (Wildman–Crippen MR) is 48.8 cm³/mol. The number of hydrogen-bond donors (Lipinski definition) is 1. The molecule has 1 aliphatic heterocycles. The highest BCUT2D eigenvalue weighted by Crippen LogP contribution is 2.08. The van der Waals surface area contributed by atoms with Crippen LogP contribution >= 0.6 is 0 Å². The molecule has 1 saturated heterocycles. The van der Waals surface area contributed by atoms with Gasteiger partial charge in [-0.2, -0.15) is 10.1 Å². The van der Waals surface area contributed by atoms with Gasteiger partial charge in [-0.25, -0.2) is 4.79 Å². The second-order valence-corrected chi connectivity index (χ2v) is 2.72. The van der Waals surface area contributed by atoms with Crippen molar-refractivity contribution < 1.29 is 13.9 Å². The Labute approximate surface area is 79.9 Å². The largest absolute Gasteiger partial charge is 0.446 e. The van der Waals surface area contributed by atoms with Crippen molar-refractivity contribution in [2.45, 2.75) is 0 Å². The minimum Gasteiger partial charge on any atom is -0.446 e. The average molecular weight is 195 g/mol. The van der Waals surface area contributed by atoms with Crippen molar-refractivity contribution in [1.29, 1.82) is 0 Å². The third kappa shape index (κ3) is 1.68. The van der Waals surface area contributed by atoms with E-state index in [9.17, 15) is 4.79 Å². The first-order valence-corrected chi connectivity index (χ1v) is 4.09. The van der Waals surface area contributed by atoms with E-state index in [1.165, 1.54) is 11.2 Å². The van der Waals surface area contributed by atoms with Crippen molar-refractivity contribution in [3.63, 3.8) is 0 Å². The first-order chi connectivity index (χ1) is 6.75. The fourth-order valence-electron chi connectivity index (χ4n) is 1.05. The van der Waals surface area contributed by atoms with E-state index in [0.29, 0.717) is 24.8 Å². The smallest absolute Gasteiger partial charge is 0.430 e. The van der Waals surface area contributed by atoms with Crippen molar-refractivity contribution in [2.24, 2.45) is 5.10 Å². The van der Waals surface area contributed by atoms with Crippen LogP contribution < -0.4 is 5.73 Å². The molecule has 1 aromatic rings. The number of nitrogen functional groups attached to an aromatic ring is 1. The number of carbonyl (C=O) groups is 1. The van der Waals surface area contributed by atoms with Crippen molar-refractivity contribution in [3.8, 4) is 0 Å². The summed E-state index contributed by atoms with van der Waals surface area (Å²) in [6.45, 7) is 0.835. The molecule has 0 spiro atoms. The fraction of sp³-hybridized carbons (Fsp3) is 0.250. The first kappa shape index (κ1) is 8.61. The Bertz CT molecular complexity index is 372. The van der Waals surface area contributed by atoms with Crippen LogP contribution in [0, 0.1) is 0 Å². The molecule has 1 aliphatic rings. The molecule has 6 heteroatoms. The zero-order chi connectivity index (χ0) is 9.97. The summed E-state index contributed by atoms with van der Waals surface area (Å²) >= 11 is 0. The van der Waals surface area contributed by atoms with Gasteiger partial charge in [-0.1, -0.05) is 0 Å². The van der Waals surface area contributed by atoms with Crippen LogP contribution in [0.4, 0.5) is 10.7 Å². The van der Waals surface area contributed by atoms with Crippen LogP contribution in [0.25, 0.3) is 0 Å². The zero-order valence-corrected chi connectivity index (χ0v) is 7.34. The minimum atomic E-state index is -0.444. The third-order valence-corrected chi connectivity index (χ3v) is 1.71. The van der Waals surface area contributed by atoms with E-state index in [4.69, 9.17) is 10.2 Å². The van der Waals surface area contributed by atoms with Crippen LogP contribution in [0.15, 0.2) is 21.7 Å². The average Bonchev–Trinajstić information content (AvgIpc) is 2.72. The second-order valence-electron chi connectivity index (χ2n) is 2.72. The molecule has 0 aromatic carbocycles. The van der Waals surface area contributed by atoms with Gasteiger partial charge in [0.25, 0.3) is 0 Å². The SMILES string of the molecule is Nc1ccc(/C=N/N2CCOC2=O)o1. The lowest BCUT2D eigenvalue weighted by Crippen LogP contribution is -2.17. The van der Waals surface area contributed by atoms with Crippen molar-refractivity contribution in [3.05, 3.63) is 17.9 Å². The highest BCUT2D eigenvalue weighted by molar-refractivity contribution is 5.78. The number of hydrogen-bond acceptors (Lipinski definition) is 5. The molecule has 74 valence electrons. The van der Waals surface area contributed by atoms with Crippen LogP contribution in [-0.4, -0.2) is 30.5 Å². The van der Waals surface area contributed by atoms with E-state index in [1.54, 1.807) is 12.1 Å². The molecule has 1 amide bonds. The molecule has 2 N–H and O–H groups in total. The predicted octanol–water partition coefficient (Wildman–Crippen LogP) is 0.648. The van der Waals surface area contributed by atoms with Gasteiger partial charge in [0, 0.05) is 6.07 Å². The molecule has 0 saturated carbocycles. The molecule has 14 heavy (non-hydrogen) atoms. The van der Waals surface area contributed by atoms with Crippen LogP contribution in [-0.2, 0) is 4.74 Å². The van der Waals surface area contributed by atoms with Crippen LogP contribution in [0.1, 0.15) is 5.76 Å². The van der Waals surface area contributed by atoms with Gasteiger partial charge in [0.05, 0.1) is 12.8 Å². The Kier molecular flexibility index (Phi) is 2.10. The standard InChI is InChI=1S/C8H9N3O3/c9-7-2-1-6(14-7)5-10-11-3-4-13-8(11)12/h1-2,5H,3-4,9H2/b10-5+. The van der Waals surface area contributed by atoms with Gasteiger partial charge in [-0.3, -0.25) is 0 Å². The molecule has 2 rings (SSSR count). The van der Waals surface area contributed by atoms with E-state index in [2.05, 4.69) is 9.84 Å². The van der Waals surface area contributed by atoms with Crippen molar-refractivity contribution in [1.82, 2.24) is 5.01 Å². The van der Waals surface area contributed by atoms with E-state index >= 15 is 0 Å². The lowest BCUT2D eigenvalue weighted by molar-refractivity contribution is 0.159. The van der Waals surface area contributed by atoms with Crippen LogP contribution in [0.5, 0.6) is 0 Å². The summed E-state index contributed by atoms with van der Waals surface area (Å²) in [7, 11) is 0. The maximum Gasteiger partial charge on any atom is 0.430 e. The van der Waals surface area contributed by atoms with Gasteiger partial charge in [0.1, 0.15) is 12.4 Å². The molecule has 0 unspecified atom stereocenters. The van der Waals surface area contributed by atoms with Crippen molar-refractivity contribution in [2.75, 3.05) is 18.9 Å². The fourth-order valence-corrected chi connectivity index (χ4v) is 1.05. The van der Waals surface area contributed by atoms with E-state index in [-0.39, 0.29) is 0 Å². The number of carbonyl (C=O) groups excluding carboxylic acids is 1. The Balaban J connectivity index is 2.03. The number of nitrogens with zero attached hydrogens (tertiary/aromatic N) is 2. The minimum absolute atomic E-state index is 0.315. The van der Waals surface area contributed by atoms with Gasteiger partial charge in [-0.15, -0.1) is 0 Å². The molecule has 6 nitrogen and oxygen atoms in total. The molecule has 0 bridgehead atoms. The lowest BCUT2D eigenvalue weighted by atomic mass is 10.5. The Hall–Kier alpha value is -1.98. The van der Waals surface area contributed by atoms with Crippen LogP contribution in [0.2, 0.25) is 0 Å². The van der Waals surface area contributed by atoms with Crippen molar-refractivity contribution >= 4 is 18.2 Å². The van der Waals surface area contributed by atoms with E-state index in [0.717, 1.165) is 0 Å². The number of hydrazone groups is 1. The second kappa shape index (κ2) is 3.41. The van der Waals surface area contributed by atoms with Crippen LogP contribution in [0.3, 0.4) is 0 Å². The molecular weight excluding hydrogens is 186 g/mol. The van der Waals surface area contributed by atoms with Gasteiger partial charge in [0.2, 0.25) is 0 Å². The summed E-state index contributed by atoms with van der Waals surface area (Å²) in [4.78, 5) is 10.9. The molecule has 2 heterocycles. The highest BCUT2D eigenvalue weighted by Gasteiger charge is 2.20. The monoisotopic (exact) mass is 195 g/mol. The Morgan fingerprint density at radius 3 is 3.00 bits per heavy atom. The number of ether oxygens (including phenoxy) is 1. The zero-order valence-electron chi connectivity index (χ0n) is 7.34. The third-order valence-electron chi connectivity index (χ3n) is 1.71. The summed E-state index contributed by atoms with van der Waals surface area (Å²) in [5.41, 5.74) is 5.36. The van der Waals surface area contributed by atoms with Gasteiger partial charge < -0.3 is 14.9 Å². The molecule has 1 fully saturated rings. The van der Waals surface area contributed by atoms with E-state index in [1.807, 2.05) is 0 Å². The number of cyclic esters (lactones) is 1. The summed E-state index contributed by atoms with van der Waals surface area (Å²) in [6.07, 6.45) is 0.976. The van der Waals surface area contributed by atoms with Gasteiger partial charge in [-0.05, 0) is 6.07 Å². The number of amides is 1. The number of anilines is 1. The summed E-state index contributed by atoms with van der Waals surface area (Å²) in [5.74, 6) is 0.817. The Morgan fingerprint density at radius 2 is 2.43 bits per heavy atom. The first-order valence-electron chi connectivity index (χ1n) is 4.09. The number of rotatable bonds is 2. The molecule has 0 atom stereocenters. The topological polar surface area (TPSA) is 81.1 Å². The number of nitrogens with two attached hydrogens (primary N) is 1. The maximum atomic E-state index is 10.9. The normalized spacial score (nSPS) is 16.6. The quantitative estimate of drug-likeness (QED) is 0.702. The summed E-state index contributed by atoms with van der Waals surface area (Å²) in [5, 5.41) is 5.09. The van der Waals surface area contributed by atoms with Gasteiger partial charge >= 0.3 is 6.09 Å². The Morgan fingerprint density at radius 1 is 1.57 bits per heavy atom. The molecular formula is C8H9N3O3. The van der Waals surface area contributed by atoms with E-state index < -0.39 is 6.09 Å². The lowest BCUT2D eigenvalue weighted by Gasteiger charge is -2.01. The molecule has 1 aromatic heterocycles. The maximum absolute atomic E-state index is 10.9. The molecule has 0 aliphatic carbocycles. The highest BCUT2D eigenvalue weighted by atomic mass is 16.6. The molecule has 0 radical (unpaired) electrons.